The van der Waals surface area contributed by atoms with Crippen LogP contribution in [-0.4, -0.2) is 37.0 Å². The lowest BCUT2D eigenvalue weighted by Crippen LogP contribution is -2.34. The van der Waals surface area contributed by atoms with Crippen LogP contribution in [0.5, 0.6) is 0 Å². The second-order valence-electron chi connectivity index (χ2n) is 4.37. The van der Waals surface area contributed by atoms with E-state index in [1.165, 1.54) is 0 Å². The van der Waals surface area contributed by atoms with Crippen LogP contribution in [0.15, 0.2) is 12.3 Å². The minimum absolute atomic E-state index is 0.454. The van der Waals surface area contributed by atoms with Crippen molar-refractivity contribution in [2.75, 3.05) is 11.1 Å². The van der Waals surface area contributed by atoms with Gasteiger partial charge in [0, 0.05) is 6.20 Å². The van der Waals surface area contributed by atoms with E-state index in [1.807, 2.05) is 5.32 Å². The maximum Gasteiger partial charge on any atom is 0.435 e. The summed E-state index contributed by atoms with van der Waals surface area (Å²) >= 11 is 0. The minimum Gasteiger partial charge on any atom is -0.368 e. The zero-order valence-corrected chi connectivity index (χ0v) is 11.3. The highest BCUT2D eigenvalue weighted by atomic mass is 19.4. The Morgan fingerprint density at radius 1 is 1.13 bits per heavy atom. The fourth-order valence-corrected chi connectivity index (χ4v) is 1.41. The predicted octanol–water partition coefficient (Wildman–Crippen LogP) is 2.02. The number of nitrogens with two attached hydrogens (primary N) is 1. The Labute approximate surface area is 124 Å². The molecule has 7 nitrogen and oxygen atoms in total. The monoisotopic (exact) mass is 341 g/mol. The van der Waals surface area contributed by atoms with E-state index < -0.39 is 41.9 Å². The van der Waals surface area contributed by atoms with Gasteiger partial charge in [-0.05, 0) is 13.0 Å². The molecule has 0 fully saturated rings. The van der Waals surface area contributed by atoms with E-state index in [0.29, 0.717) is 10.7 Å². The molecule has 2 aromatic rings. The Balaban J connectivity index is 2.32. The maximum atomic E-state index is 12.5. The summed E-state index contributed by atoms with van der Waals surface area (Å²) in [4.78, 5) is 10.6. The van der Waals surface area contributed by atoms with Crippen molar-refractivity contribution < 1.29 is 26.3 Å². The van der Waals surface area contributed by atoms with Crippen molar-refractivity contribution in [2.45, 2.75) is 25.3 Å². The standard InChI is InChI=1S/C10H9F6N7/c1-4(9(11,12)13)18-7-19-6(17)20-8(21-7)23-3-2-5(22-23)10(14,15)16/h2-4H,1H3,(H3,17,18,19,20,21). The lowest BCUT2D eigenvalue weighted by Gasteiger charge is -2.17. The molecule has 3 N–H and O–H groups in total. The van der Waals surface area contributed by atoms with Crippen LogP contribution in [0, 0.1) is 0 Å². The first kappa shape index (κ1) is 16.8. The Bertz CT molecular complexity index is 692. The number of hydrogen-bond donors (Lipinski definition) is 2. The van der Waals surface area contributed by atoms with E-state index in [4.69, 9.17) is 5.73 Å². The number of nitrogens with zero attached hydrogens (tertiary/aromatic N) is 5. The largest absolute Gasteiger partial charge is 0.435 e. The quantitative estimate of drug-likeness (QED) is 0.830. The molecule has 0 saturated carbocycles. The third-order valence-electron chi connectivity index (χ3n) is 2.56. The molecule has 2 heterocycles. The molecule has 1 atom stereocenters. The second kappa shape index (κ2) is 5.55. The molecule has 0 bridgehead atoms. The molecule has 0 aliphatic heterocycles. The number of aromatic nitrogens is 5. The molecule has 1 unspecified atom stereocenters. The van der Waals surface area contributed by atoms with Gasteiger partial charge >= 0.3 is 12.4 Å². The first-order chi connectivity index (χ1) is 10.5. The molecule has 23 heavy (non-hydrogen) atoms. The molecule has 0 radical (unpaired) electrons. The summed E-state index contributed by atoms with van der Waals surface area (Å²) in [6.45, 7) is 0.815. The van der Waals surface area contributed by atoms with Gasteiger partial charge < -0.3 is 11.1 Å². The van der Waals surface area contributed by atoms with Crippen molar-refractivity contribution in [3.63, 3.8) is 0 Å². The molecular weight excluding hydrogens is 332 g/mol. The summed E-state index contributed by atoms with van der Waals surface area (Å²) in [5.41, 5.74) is 4.11. The normalized spacial score (nSPS) is 13.9. The minimum atomic E-state index is -4.68. The van der Waals surface area contributed by atoms with E-state index in [1.54, 1.807) is 0 Å². The van der Waals surface area contributed by atoms with E-state index in [2.05, 4.69) is 20.1 Å². The van der Waals surface area contributed by atoms with Crippen LogP contribution < -0.4 is 11.1 Å². The highest BCUT2D eigenvalue weighted by Crippen LogP contribution is 2.27. The van der Waals surface area contributed by atoms with Gasteiger partial charge in [0.2, 0.25) is 11.9 Å². The van der Waals surface area contributed by atoms with Crippen LogP contribution in [0.4, 0.5) is 38.2 Å². The SMILES string of the molecule is CC(Nc1nc(N)nc(-n2ccc(C(F)(F)F)n2)n1)C(F)(F)F. The third kappa shape index (κ3) is 3.98. The zero-order chi connectivity index (χ0) is 17.4. The maximum absolute atomic E-state index is 12.5. The first-order valence-corrected chi connectivity index (χ1v) is 5.95. The highest BCUT2D eigenvalue weighted by Gasteiger charge is 2.37. The van der Waals surface area contributed by atoms with Crippen molar-refractivity contribution in [2.24, 2.45) is 0 Å². The molecule has 2 aromatic heterocycles. The molecule has 0 spiro atoms. The number of hydrogen-bond acceptors (Lipinski definition) is 6. The second-order valence-corrected chi connectivity index (χ2v) is 4.37. The van der Waals surface area contributed by atoms with Gasteiger partial charge in [0.25, 0.3) is 5.95 Å². The highest BCUT2D eigenvalue weighted by molar-refractivity contribution is 5.36. The summed E-state index contributed by atoms with van der Waals surface area (Å²) in [7, 11) is 0. The molecule has 0 amide bonds. The van der Waals surface area contributed by atoms with E-state index in [-0.39, 0.29) is 0 Å². The van der Waals surface area contributed by atoms with Crippen LogP contribution in [-0.2, 0) is 6.18 Å². The molecule has 126 valence electrons. The molecular formula is C10H9F6N7. The van der Waals surface area contributed by atoms with Crippen LogP contribution in [0.1, 0.15) is 12.6 Å². The summed E-state index contributed by atoms with van der Waals surface area (Å²) in [5.74, 6) is -1.47. The van der Waals surface area contributed by atoms with Crippen LogP contribution in [0.2, 0.25) is 0 Å². The average molecular weight is 341 g/mol. The number of halogens is 6. The van der Waals surface area contributed by atoms with Gasteiger partial charge in [-0.15, -0.1) is 0 Å². The number of rotatable bonds is 3. The van der Waals surface area contributed by atoms with Crippen molar-refractivity contribution in [1.29, 1.82) is 0 Å². The molecule has 0 aromatic carbocycles. The number of nitrogens with one attached hydrogen (secondary N) is 1. The molecule has 0 saturated heterocycles. The Morgan fingerprint density at radius 2 is 1.78 bits per heavy atom. The summed E-state index contributed by atoms with van der Waals surface area (Å²) in [6, 6.07) is -1.34. The fourth-order valence-electron chi connectivity index (χ4n) is 1.41. The van der Waals surface area contributed by atoms with Gasteiger partial charge in [0.05, 0.1) is 0 Å². The number of alkyl halides is 6. The summed E-state index contributed by atoms with van der Waals surface area (Å²) in [6.07, 6.45) is -8.36. The lowest BCUT2D eigenvalue weighted by atomic mass is 10.3. The van der Waals surface area contributed by atoms with Crippen LogP contribution in [0.25, 0.3) is 5.95 Å². The van der Waals surface area contributed by atoms with E-state index in [0.717, 1.165) is 13.1 Å². The Kier molecular flexibility index (Phi) is 4.05. The van der Waals surface area contributed by atoms with Gasteiger partial charge in [-0.3, -0.25) is 0 Å². The van der Waals surface area contributed by atoms with Crippen LogP contribution >= 0.6 is 0 Å². The zero-order valence-electron chi connectivity index (χ0n) is 11.3. The van der Waals surface area contributed by atoms with Crippen molar-refractivity contribution in [3.05, 3.63) is 18.0 Å². The Hall–Kier alpha value is -2.60. The van der Waals surface area contributed by atoms with E-state index in [9.17, 15) is 26.3 Å². The van der Waals surface area contributed by atoms with Gasteiger partial charge in [-0.25, -0.2) is 4.68 Å². The summed E-state index contributed by atoms with van der Waals surface area (Å²) < 4.78 is 75.6. The molecule has 0 aliphatic carbocycles. The van der Waals surface area contributed by atoms with E-state index >= 15 is 0 Å². The topological polar surface area (TPSA) is 94.5 Å². The molecule has 2 rings (SSSR count). The van der Waals surface area contributed by atoms with Gasteiger partial charge in [-0.2, -0.15) is 46.4 Å². The fraction of sp³-hybridized carbons (Fsp3) is 0.400. The molecule has 13 heteroatoms. The molecule has 0 aliphatic rings. The van der Waals surface area contributed by atoms with Crippen LogP contribution in [0.3, 0.4) is 0 Å². The van der Waals surface area contributed by atoms with Crippen molar-refractivity contribution >= 4 is 11.9 Å². The van der Waals surface area contributed by atoms with Crippen molar-refractivity contribution in [1.82, 2.24) is 24.7 Å². The Morgan fingerprint density at radius 3 is 2.30 bits per heavy atom. The summed E-state index contributed by atoms with van der Waals surface area (Å²) in [5, 5.41) is 5.13. The smallest absolute Gasteiger partial charge is 0.368 e. The number of nitrogen functional groups attached to an aromatic ring is 1. The third-order valence-corrected chi connectivity index (χ3v) is 2.56. The first-order valence-electron chi connectivity index (χ1n) is 5.95. The lowest BCUT2D eigenvalue weighted by molar-refractivity contribution is -0.141. The average Bonchev–Trinajstić information content (AvgIpc) is 2.86. The van der Waals surface area contributed by atoms with Gasteiger partial charge in [0.15, 0.2) is 5.69 Å². The predicted molar refractivity (Wildman–Crippen MR) is 65.5 cm³/mol. The van der Waals surface area contributed by atoms with Crippen molar-refractivity contribution in [3.8, 4) is 5.95 Å². The van der Waals surface area contributed by atoms with Gasteiger partial charge in [0.1, 0.15) is 6.04 Å². The number of anilines is 2. The van der Waals surface area contributed by atoms with Gasteiger partial charge in [-0.1, -0.05) is 0 Å².